The van der Waals surface area contributed by atoms with Crippen LogP contribution in [0.5, 0.6) is 0 Å². The minimum absolute atomic E-state index is 0.127. The molecular weight excluding hydrogens is 472 g/mol. The highest BCUT2D eigenvalue weighted by Gasteiger charge is 2.19. The molecule has 9 heteroatoms. The fraction of sp³-hybridized carbons (Fsp3) is 0.190. The Labute approximate surface area is 183 Å². The summed E-state index contributed by atoms with van der Waals surface area (Å²) in [6, 6.07) is 16.2. The van der Waals surface area contributed by atoms with Gasteiger partial charge in [0.1, 0.15) is 5.76 Å². The minimum atomic E-state index is -3.78. The van der Waals surface area contributed by atoms with Gasteiger partial charge in [-0.15, -0.1) is 0 Å². The summed E-state index contributed by atoms with van der Waals surface area (Å²) in [5.41, 5.74) is 0.655. The maximum absolute atomic E-state index is 13.0. The number of anilines is 1. The second kappa shape index (κ2) is 9.92. The number of furan rings is 1. The first-order chi connectivity index (χ1) is 14.4. The van der Waals surface area contributed by atoms with E-state index in [-0.39, 0.29) is 17.3 Å². The van der Waals surface area contributed by atoms with E-state index in [4.69, 9.17) is 9.15 Å². The van der Waals surface area contributed by atoms with E-state index in [1.165, 1.54) is 18.2 Å². The molecule has 0 atom stereocenters. The van der Waals surface area contributed by atoms with E-state index in [0.717, 1.165) is 4.47 Å². The van der Waals surface area contributed by atoms with Crippen LogP contribution in [0.1, 0.15) is 16.1 Å². The zero-order valence-electron chi connectivity index (χ0n) is 16.2. The molecule has 0 saturated carbocycles. The van der Waals surface area contributed by atoms with E-state index in [9.17, 15) is 13.2 Å². The Balaban J connectivity index is 1.80. The summed E-state index contributed by atoms with van der Waals surface area (Å²) in [7, 11) is -2.22. The third-order valence-electron chi connectivity index (χ3n) is 4.27. The number of hydrogen-bond donors (Lipinski definition) is 1. The third-order valence-corrected chi connectivity index (χ3v) is 6.19. The molecule has 1 N–H and O–H groups in total. The molecule has 0 unspecified atom stereocenters. The SMILES string of the molecule is COCCN(Cc1ccco1)C(=O)c1cccc(NS(=O)(=O)c2ccc(Br)cc2)c1. The molecule has 0 fully saturated rings. The molecule has 0 bridgehead atoms. The molecule has 0 radical (unpaired) electrons. The van der Waals surface area contributed by atoms with Crippen molar-refractivity contribution in [2.24, 2.45) is 0 Å². The Morgan fingerprint density at radius 3 is 2.57 bits per heavy atom. The molecule has 3 aromatic rings. The van der Waals surface area contributed by atoms with Gasteiger partial charge in [0.2, 0.25) is 0 Å². The second-order valence-corrected chi connectivity index (χ2v) is 9.04. The van der Waals surface area contributed by atoms with Crippen molar-refractivity contribution in [2.75, 3.05) is 25.0 Å². The van der Waals surface area contributed by atoms with Crippen LogP contribution < -0.4 is 4.72 Å². The van der Waals surface area contributed by atoms with Crippen molar-refractivity contribution in [3.63, 3.8) is 0 Å². The van der Waals surface area contributed by atoms with Gasteiger partial charge in [-0.1, -0.05) is 22.0 Å². The first-order valence-corrected chi connectivity index (χ1v) is 11.4. The molecule has 158 valence electrons. The van der Waals surface area contributed by atoms with Gasteiger partial charge in [0.15, 0.2) is 0 Å². The Kier molecular flexibility index (Phi) is 7.30. The van der Waals surface area contributed by atoms with Crippen molar-refractivity contribution in [3.05, 3.63) is 82.7 Å². The molecule has 0 spiro atoms. The van der Waals surface area contributed by atoms with Crippen LogP contribution in [0.2, 0.25) is 0 Å². The monoisotopic (exact) mass is 492 g/mol. The van der Waals surface area contributed by atoms with Gasteiger partial charge < -0.3 is 14.1 Å². The van der Waals surface area contributed by atoms with Crippen LogP contribution in [0.4, 0.5) is 5.69 Å². The van der Waals surface area contributed by atoms with Gasteiger partial charge in [-0.3, -0.25) is 9.52 Å². The molecular formula is C21H21BrN2O5S. The highest BCUT2D eigenvalue weighted by atomic mass is 79.9. The van der Waals surface area contributed by atoms with Gasteiger partial charge in [0, 0.05) is 29.4 Å². The van der Waals surface area contributed by atoms with Gasteiger partial charge in [-0.05, 0) is 54.6 Å². The molecule has 0 saturated heterocycles. The molecule has 0 aliphatic rings. The first kappa shape index (κ1) is 22.1. The fourth-order valence-corrected chi connectivity index (χ4v) is 4.08. The van der Waals surface area contributed by atoms with Crippen LogP contribution in [-0.4, -0.2) is 39.5 Å². The number of nitrogens with zero attached hydrogens (tertiary/aromatic N) is 1. The summed E-state index contributed by atoms with van der Waals surface area (Å²) in [4.78, 5) is 14.8. The molecule has 0 aliphatic carbocycles. The van der Waals surface area contributed by atoms with Gasteiger partial charge >= 0.3 is 0 Å². The Hall–Kier alpha value is -2.62. The summed E-state index contributed by atoms with van der Waals surface area (Å²) >= 11 is 3.28. The van der Waals surface area contributed by atoms with Crippen molar-refractivity contribution >= 4 is 37.5 Å². The topological polar surface area (TPSA) is 88.8 Å². The molecule has 3 rings (SSSR count). The van der Waals surface area contributed by atoms with Gasteiger partial charge in [0.05, 0.1) is 24.3 Å². The highest BCUT2D eigenvalue weighted by molar-refractivity contribution is 9.10. The number of hydrogen-bond acceptors (Lipinski definition) is 5. The number of nitrogens with one attached hydrogen (secondary N) is 1. The van der Waals surface area contributed by atoms with Crippen molar-refractivity contribution in [1.82, 2.24) is 4.90 Å². The lowest BCUT2D eigenvalue weighted by molar-refractivity contribution is 0.0666. The lowest BCUT2D eigenvalue weighted by Crippen LogP contribution is -2.33. The summed E-state index contributed by atoms with van der Waals surface area (Å²) in [5.74, 6) is 0.389. The Bertz CT molecular complexity index is 1080. The molecule has 7 nitrogen and oxygen atoms in total. The number of benzene rings is 2. The number of amides is 1. The fourth-order valence-electron chi connectivity index (χ4n) is 2.77. The van der Waals surface area contributed by atoms with Crippen LogP contribution in [0.25, 0.3) is 0 Å². The third kappa shape index (κ3) is 5.71. The highest BCUT2D eigenvalue weighted by Crippen LogP contribution is 2.20. The number of ether oxygens (including phenoxy) is 1. The lowest BCUT2D eigenvalue weighted by Gasteiger charge is -2.21. The summed E-state index contributed by atoms with van der Waals surface area (Å²) in [6.07, 6.45) is 1.55. The van der Waals surface area contributed by atoms with Crippen molar-refractivity contribution in [3.8, 4) is 0 Å². The average Bonchev–Trinajstić information content (AvgIpc) is 3.24. The summed E-state index contributed by atoms with van der Waals surface area (Å²) < 4.78 is 39.0. The quantitative estimate of drug-likeness (QED) is 0.484. The van der Waals surface area contributed by atoms with E-state index < -0.39 is 10.0 Å². The Morgan fingerprint density at radius 1 is 1.13 bits per heavy atom. The van der Waals surface area contributed by atoms with E-state index in [1.54, 1.807) is 60.7 Å². The van der Waals surface area contributed by atoms with E-state index in [1.807, 2.05) is 0 Å². The largest absolute Gasteiger partial charge is 0.467 e. The van der Waals surface area contributed by atoms with Crippen molar-refractivity contribution in [1.29, 1.82) is 0 Å². The second-order valence-electron chi connectivity index (χ2n) is 6.44. The van der Waals surface area contributed by atoms with Crippen molar-refractivity contribution < 1.29 is 22.4 Å². The zero-order valence-corrected chi connectivity index (χ0v) is 18.6. The lowest BCUT2D eigenvalue weighted by atomic mass is 10.1. The number of halogens is 1. The van der Waals surface area contributed by atoms with Crippen LogP contribution >= 0.6 is 15.9 Å². The summed E-state index contributed by atoms with van der Waals surface area (Å²) in [6.45, 7) is 1.01. The van der Waals surface area contributed by atoms with Gasteiger partial charge in [0.25, 0.3) is 15.9 Å². The molecule has 2 aromatic carbocycles. The molecule has 30 heavy (non-hydrogen) atoms. The van der Waals surface area contributed by atoms with E-state index in [2.05, 4.69) is 20.7 Å². The van der Waals surface area contributed by atoms with Crippen molar-refractivity contribution in [2.45, 2.75) is 11.4 Å². The van der Waals surface area contributed by atoms with Crippen LogP contribution in [0, 0.1) is 0 Å². The van der Waals surface area contributed by atoms with Crippen LogP contribution in [0.15, 0.2) is 80.7 Å². The smallest absolute Gasteiger partial charge is 0.261 e. The maximum Gasteiger partial charge on any atom is 0.261 e. The standard InChI is InChI=1S/C21H21BrN2O5S/c1-28-13-11-24(15-19-6-3-12-29-19)21(25)16-4-2-5-18(14-16)23-30(26,27)20-9-7-17(22)8-10-20/h2-10,12,14,23H,11,13,15H2,1H3. The first-order valence-electron chi connectivity index (χ1n) is 9.08. The van der Waals surface area contributed by atoms with Gasteiger partial charge in [-0.2, -0.15) is 0 Å². The van der Waals surface area contributed by atoms with E-state index >= 15 is 0 Å². The predicted octanol–water partition coefficient (Wildman–Crippen LogP) is 4.13. The maximum atomic E-state index is 13.0. The molecule has 1 heterocycles. The van der Waals surface area contributed by atoms with E-state index in [0.29, 0.717) is 30.2 Å². The number of carbonyl (C=O) groups is 1. The van der Waals surface area contributed by atoms with Gasteiger partial charge in [-0.25, -0.2) is 8.42 Å². The van der Waals surface area contributed by atoms with Crippen LogP contribution in [0.3, 0.4) is 0 Å². The number of rotatable bonds is 9. The molecule has 1 amide bonds. The number of carbonyl (C=O) groups excluding carboxylic acids is 1. The molecule has 0 aliphatic heterocycles. The Morgan fingerprint density at radius 2 is 1.90 bits per heavy atom. The number of sulfonamides is 1. The minimum Gasteiger partial charge on any atom is -0.467 e. The normalized spacial score (nSPS) is 11.3. The average molecular weight is 493 g/mol. The number of methoxy groups -OCH3 is 1. The zero-order chi connectivity index (χ0) is 21.6. The van der Waals surface area contributed by atoms with Crippen LogP contribution in [-0.2, 0) is 21.3 Å². The molecule has 1 aromatic heterocycles. The summed E-state index contributed by atoms with van der Waals surface area (Å²) in [5, 5.41) is 0. The predicted molar refractivity (Wildman–Crippen MR) is 117 cm³/mol.